The third-order valence-corrected chi connectivity index (χ3v) is 3.93. The number of hydrogen-bond acceptors (Lipinski definition) is 3. The molecule has 0 aliphatic heterocycles. The number of hydrogen-bond donors (Lipinski definition) is 0. The van der Waals surface area contributed by atoms with Crippen molar-refractivity contribution < 1.29 is 9.53 Å². The Bertz CT molecular complexity index is 980. The van der Waals surface area contributed by atoms with Gasteiger partial charge in [0.25, 0.3) is 0 Å². The van der Waals surface area contributed by atoms with Crippen LogP contribution in [0.15, 0.2) is 67.0 Å². The minimum Gasteiger partial charge on any atom is -0.408 e. The molecular weight excluding hydrogens is 288 g/mol. The summed E-state index contributed by atoms with van der Waals surface area (Å²) < 4.78 is 7.15. The van der Waals surface area contributed by atoms with E-state index in [1.807, 2.05) is 48.5 Å². The van der Waals surface area contributed by atoms with Crippen LogP contribution in [0.2, 0.25) is 0 Å². The van der Waals surface area contributed by atoms with Crippen molar-refractivity contribution in [3.63, 3.8) is 0 Å². The zero-order valence-electron chi connectivity index (χ0n) is 12.6. The van der Waals surface area contributed by atoms with Crippen molar-refractivity contribution in [1.82, 2.24) is 9.55 Å². The third-order valence-electron chi connectivity index (χ3n) is 3.93. The third kappa shape index (κ3) is 2.25. The van der Waals surface area contributed by atoms with E-state index in [-0.39, 0.29) is 0 Å². The molecule has 0 saturated heterocycles. The van der Waals surface area contributed by atoms with Crippen molar-refractivity contribution in [3.05, 3.63) is 72.8 Å². The number of aromatic nitrogens is 2. The van der Waals surface area contributed by atoms with E-state index in [0.29, 0.717) is 11.6 Å². The van der Waals surface area contributed by atoms with E-state index in [0.717, 1.165) is 21.5 Å². The van der Waals surface area contributed by atoms with Crippen molar-refractivity contribution in [3.8, 4) is 5.75 Å². The van der Waals surface area contributed by atoms with Crippen LogP contribution < -0.4 is 4.74 Å². The summed E-state index contributed by atoms with van der Waals surface area (Å²) in [6.45, 7) is 1.77. The van der Waals surface area contributed by atoms with Crippen LogP contribution in [-0.4, -0.2) is 15.6 Å². The smallest absolute Gasteiger partial charge is 0.408 e. The molecule has 0 radical (unpaired) electrons. The Hall–Kier alpha value is -3.14. The minimum absolute atomic E-state index is 0.457. The Kier molecular flexibility index (Phi) is 3.08. The van der Waals surface area contributed by atoms with E-state index >= 15 is 0 Å². The van der Waals surface area contributed by atoms with Gasteiger partial charge in [0.05, 0.1) is 0 Å². The highest BCUT2D eigenvalue weighted by Crippen LogP contribution is 2.35. The van der Waals surface area contributed by atoms with Crippen LogP contribution in [0.4, 0.5) is 4.79 Å². The molecular formula is C19H14N2O2. The summed E-state index contributed by atoms with van der Waals surface area (Å²) in [7, 11) is 0. The molecule has 4 nitrogen and oxygen atoms in total. The van der Waals surface area contributed by atoms with Gasteiger partial charge in [-0.15, -0.1) is 0 Å². The SMILES string of the molecule is Cc1nccn1C(=O)Oc1c2ccccc2cc2ccccc12. The van der Waals surface area contributed by atoms with E-state index in [2.05, 4.69) is 11.1 Å². The molecule has 0 amide bonds. The van der Waals surface area contributed by atoms with E-state index < -0.39 is 6.09 Å². The van der Waals surface area contributed by atoms with E-state index in [4.69, 9.17) is 4.74 Å². The van der Waals surface area contributed by atoms with Gasteiger partial charge < -0.3 is 4.74 Å². The zero-order valence-corrected chi connectivity index (χ0v) is 12.6. The summed E-state index contributed by atoms with van der Waals surface area (Å²) in [5.41, 5.74) is 0. The predicted octanol–water partition coefficient (Wildman–Crippen LogP) is 4.55. The quantitative estimate of drug-likeness (QED) is 0.485. The molecule has 0 fully saturated rings. The standard InChI is InChI=1S/C19H14N2O2/c1-13-20-10-11-21(13)19(22)23-18-16-8-4-2-6-14(16)12-15-7-3-5-9-17(15)18/h2-12H,1H3. The van der Waals surface area contributed by atoms with Gasteiger partial charge in [0.2, 0.25) is 0 Å². The number of fused-ring (bicyclic) bond motifs is 2. The Morgan fingerprint density at radius 2 is 1.61 bits per heavy atom. The Morgan fingerprint density at radius 1 is 1.00 bits per heavy atom. The normalized spacial score (nSPS) is 11.0. The molecule has 0 atom stereocenters. The fraction of sp³-hybridized carbons (Fsp3) is 0.0526. The van der Waals surface area contributed by atoms with Crippen LogP contribution in [-0.2, 0) is 0 Å². The lowest BCUT2D eigenvalue weighted by molar-refractivity contribution is 0.203. The highest BCUT2D eigenvalue weighted by molar-refractivity contribution is 6.06. The summed E-state index contributed by atoms with van der Waals surface area (Å²) in [6, 6.07) is 17.9. The van der Waals surface area contributed by atoms with E-state index in [1.54, 1.807) is 19.3 Å². The number of carbonyl (C=O) groups excluding carboxylic acids is 1. The van der Waals surface area contributed by atoms with Crippen LogP contribution in [0.3, 0.4) is 0 Å². The van der Waals surface area contributed by atoms with Gasteiger partial charge in [-0.1, -0.05) is 48.5 Å². The number of aryl methyl sites for hydroxylation is 1. The van der Waals surface area contributed by atoms with Crippen molar-refractivity contribution >= 4 is 27.6 Å². The van der Waals surface area contributed by atoms with Crippen LogP contribution >= 0.6 is 0 Å². The molecule has 4 heteroatoms. The molecule has 23 heavy (non-hydrogen) atoms. The lowest BCUT2D eigenvalue weighted by Crippen LogP contribution is -2.17. The second kappa shape index (κ2) is 5.25. The number of benzene rings is 3. The second-order valence-electron chi connectivity index (χ2n) is 5.36. The summed E-state index contributed by atoms with van der Waals surface area (Å²) in [6.07, 6.45) is 2.73. The van der Waals surface area contributed by atoms with Gasteiger partial charge in [-0.25, -0.2) is 14.3 Å². The Balaban J connectivity index is 1.93. The second-order valence-corrected chi connectivity index (χ2v) is 5.36. The Morgan fingerprint density at radius 3 is 2.17 bits per heavy atom. The van der Waals surface area contributed by atoms with E-state index in [1.165, 1.54) is 4.57 Å². The largest absolute Gasteiger partial charge is 0.424 e. The maximum atomic E-state index is 12.5. The van der Waals surface area contributed by atoms with Gasteiger partial charge in [0.15, 0.2) is 0 Å². The van der Waals surface area contributed by atoms with Crippen LogP contribution in [0, 0.1) is 6.92 Å². The van der Waals surface area contributed by atoms with Gasteiger partial charge in [-0.05, 0) is 23.8 Å². The topological polar surface area (TPSA) is 44.1 Å². The molecule has 0 aliphatic rings. The average Bonchev–Trinajstić information content (AvgIpc) is 3.00. The summed E-state index contributed by atoms with van der Waals surface area (Å²) in [4.78, 5) is 16.6. The van der Waals surface area contributed by atoms with Crippen molar-refractivity contribution in [2.24, 2.45) is 0 Å². The first kappa shape index (κ1) is 13.5. The summed E-state index contributed by atoms with van der Waals surface area (Å²) in [5, 5.41) is 3.90. The first-order valence-corrected chi connectivity index (χ1v) is 7.36. The van der Waals surface area contributed by atoms with Gasteiger partial charge in [-0.2, -0.15) is 0 Å². The molecule has 0 aliphatic carbocycles. The van der Waals surface area contributed by atoms with Crippen LogP contribution in [0.5, 0.6) is 5.75 Å². The Labute approximate surface area is 132 Å². The lowest BCUT2D eigenvalue weighted by Gasteiger charge is -2.12. The van der Waals surface area contributed by atoms with E-state index in [9.17, 15) is 4.79 Å². The molecule has 1 heterocycles. The molecule has 4 aromatic rings. The van der Waals surface area contributed by atoms with Crippen LogP contribution in [0.1, 0.15) is 5.82 Å². The molecule has 3 aromatic carbocycles. The molecule has 0 saturated carbocycles. The molecule has 0 spiro atoms. The highest BCUT2D eigenvalue weighted by atomic mass is 16.6. The van der Waals surface area contributed by atoms with Gasteiger partial charge in [0.1, 0.15) is 11.6 Å². The monoisotopic (exact) mass is 302 g/mol. The molecule has 1 aromatic heterocycles. The number of carbonyl (C=O) groups is 1. The molecule has 112 valence electrons. The number of imidazole rings is 1. The van der Waals surface area contributed by atoms with Crippen LogP contribution in [0.25, 0.3) is 21.5 Å². The van der Waals surface area contributed by atoms with Crippen molar-refractivity contribution in [2.75, 3.05) is 0 Å². The van der Waals surface area contributed by atoms with Gasteiger partial charge in [0, 0.05) is 23.2 Å². The fourth-order valence-electron chi connectivity index (χ4n) is 2.79. The molecule has 0 bridgehead atoms. The van der Waals surface area contributed by atoms with Crippen molar-refractivity contribution in [1.29, 1.82) is 0 Å². The summed E-state index contributed by atoms with van der Waals surface area (Å²) in [5.74, 6) is 1.18. The summed E-state index contributed by atoms with van der Waals surface area (Å²) >= 11 is 0. The first-order chi connectivity index (χ1) is 11.2. The molecule has 0 N–H and O–H groups in total. The van der Waals surface area contributed by atoms with Crippen molar-refractivity contribution in [2.45, 2.75) is 6.92 Å². The zero-order chi connectivity index (χ0) is 15.8. The number of nitrogens with zero attached hydrogens (tertiary/aromatic N) is 2. The minimum atomic E-state index is -0.457. The first-order valence-electron chi connectivity index (χ1n) is 7.36. The maximum Gasteiger partial charge on any atom is 0.424 e. The predicted molar refractivity (Wildman–Crippen MR) is 89.8 cm³/mol. The van der Waals surface area contributed by atoms with Gasteiger partial charge >= 0.3 is 6.09 Å². The number of ether oxygens (including phenoxy) is 1. The average molecular weight is 302 g/mol. The molecule has 0 unspecified atom stereocenters. The number of rotatable bonds is 1. The highest BCUT2D eigenvalue weighted by Gasteiger charge is 2.15. The maximum absolute atomic E-state index is 12.5. The fourth-order valence-corrected chi connectivity index (χ4v) is 2.79. The molecule has 4 rings (SSSR count). The van der Waals surface area contributed by atoms with Gasteiger partial charge in [-0.3, -0.25) is 0 Å². The lowest BCUT2D eigenvalue weighted by atomic mass is 10.0.